The number of nitrogens with one attached hydrogen (secondary N) is 1. The molecule has 0 saturated carbocycles. The van der Waals surface area contributed by atoms with Gasteiger partial charge in [0.15, 0.2) is 0 Å². The summed E-state index contributed by atoms with van der Waals surface area (Å²) in [4.78, 5) is 41.4. The van der Waals surface area contributed by atoms with Gasteiger partial charge in [-0.2, -0.15) is 0 Å². The van der Waals surface area contributed by atoms with Crippen LogP contribution >= 0.6 is 0 Å². The van der Waals surface area contributed by atoms with Crippen LogP contribution < -0.4 is 5.32 Å². The number of rotatable bonds is 9. The first-order valence-corrected chi connectivity index (χ1v) is 13.5. The first-order valence-electron chi connectivity index (χ1n) is 12.0. The average molecular weight is 520 g/mol. The van der Waals surface area contributed by atoms with Gasteiger partial charge in [0.25, 0.3) is 15.9 Å². The average Bonchev–Trinajstić information content (AvgIpc) is 3.07. The van der Waals surface area contributed by atoms with E-state index in [1.54, 1.807) is 6.07 Å². The van der Waals surface area contributed by atoms with Crippen LogP contribution in [0.2, 0.25) is 0 Å². The van der Waals surface area contributed by atoms with Gasteiger partial charge in [-0.15, -0.1) is 0 Å². The molecule has 0 bridgehead atoms. The summed E-state index contributed by atoms with van der Waals surface area (Å²) in [5.74, 6) is -1.76. The van der Waals surface area contributed by atoms with Crippen molar-refractivity contribution in [3.63, 3.8) is 0 Å². The fourth-order valence-electron chi connectivity index (χ4n) is 4.32. The van der Waals surface area contributed by atoms with Crippen LogP contribution in [0.25, 0.3) is 0 Å². The third-order valence-corrected chi connectivity index (χ3v) is 7.88. The van der Waals surface area contributed by atoms with Gasteiger partial charge in [0, 0.05) is 19.0 Å². The number of sulfonamides is 1. The lowest BCUT2D eigenvalue weighted by Gasteiger charge is -2.33. The Balaban J connectivity index is 1.70. The fourth-order valence-corrected chi connectivity index (χ4v) is 5.83. The van der Waals surface area contributed by atoms with Gasteiger partial charge in [0.1, 0.15) is 17.5 Å². The Labute approximate surface area is 217 Å². The zero-order chi connectivity index (χ0) is 26.6. The molecule has 8 nitrogen and oxygen atoms in total. The third kappa shape index (κ3) is 5.72. The van der Waals surface area contributed by atoms with Crippen molar-refractivity contribution >= 4 is 27.7 Å². The van der Waals surface area contributed by atoms with Crippen LogP contribution in [0.1, 0.15) is 35.3 Å². The first-order chi connectivity index (χ1) is 17.7. The lowest BCUT2D eigenvalue weighted by atomic mass is 10.0. The van der Waals surface area contributed by atoms with E-state index in [0.29, 0.717) is 4.31 Å². The fraction of sp³-hybridized carbons (Fsp3) is 0.250. The van der Waals surface area contributed by atoms with Crippen LogP contribution in [0.4, 0.5) is 0 Å². The van der Waals surface area contributed by atoms with Gasteiger partial charge in [-0.05, 0) is 37.1 Å². The van der Waals surface area contributed by atoms with E-state index in [1.807, 2.05) is 74.5 Å². The highest BCUT2D eigenvalue weighted by atomic mass is 32.2. The Hall–Kier alpha value is -3.98. The maximum atomic E-state index is 13.8. The molecule has 1 N–H and O–H groups in total. The summed E-state index contributed by atoms with van der Waals surface area (Å²) >= 11 is 0. The second-order valence-electron chi connectivity index (χ2n) is 9.19. The number of hydrogen-bond acceptors (Lipinski definition) is 5. The minimum atomic E-state index is -4.19. The van der Waals surface area contributed by atoms with Crippen molar-refractivity contribution in [2.45, 2.75) is 43.8 Å². The second-order valence-corrected chi connectivity index (χ2v) is 11.0. The summed E-state index contributed by atoms with van der Waals surface area (Å²) in [6, 6.07) is 23.2. The highest BCUT2D eigenvalue weighted by Gasteiger charge is 2.43. The zero-order valence-corrected chi connectivity index (χ0v) is 21.5. The molecule has 9 heteroatoms. The van der Waals surface area contributed by atoms with Crippen molar-refractivity contribution in [3.8, 4) is 0 Å². The molecule has 0 aromatic heterocycles. The summed E-state index contributed by atoms with van der Waals surface area (Å²) in [5.41, 5.74) is 1.64. The molecule has 3 aromatic rings. The Morgan fingerprint density at radius 2 is 1.43 bits per heavy atom. The predicted molar refractivity (Wildman–Crippen MR) is 139 cm³/mol. The van der Waals surface area contributed by atoms with Crippen molar-refractivity contribution in [3.05, 3.63) is 102 Å². The summed E-state index contributed by atoms with van der Waals surface area (Å²) in [6.45, 7) is 3.02. The number of amides is 3. The Kier molecular flexibility index (Phi) is 7.73. The molecule has 1 heterocycles. The van der Waals surface area contributed by atoms with Gasteiger partial charge in [-0.25, -0.2) is 12.7 Å². The van der Waals surface area contributed by atoms with E-state index in [-0.39, 0.29) is 35.4 Å². The molecule has 37 heavy (non-hydrogen) atoms. The molecule has 1 aliphatic rings. The van der Waals surface area contributed by atoms with Crippen LogP contribution in [0.15, 0.2) is 89.8 Å². The monoisotopic (exact) mass is 519 g/mol. The van der Waals surface area contributed by atoms with Crippen molar-refractivity contribution in [2.75, 3.05) is 6.54 Å². The highest BCUT2D eigenvalue weighted by Crippen LogP contribution is 2.30. The summed E-state index contributed by atoms with van der Waals surface area (Å²) in [6.07, 6.45) is 0.221. The van der Waals surface area contributed by atoms with Crippen molar-refractivity contribution in [1.82, 2.24) is 14.5 Å². The van der Waals surface area contributed by atoms with Crippen LogP contribution in [-0.4, -0.2) is 54.0 Å². The first kappa shape index (κ1) is 26.1. The molecule has 3 amide bonds. The number of benzene rings is 3. The summed E-state index contributed by atoms with van der Waals surface area (Å²) in [5, 5.41) is 2.89. The van der Waals surface area contributed by atoms with Crippen LogP contribution in [0.5, 0.6) is 0 Å². The Morgan fingerprint density at radius 1 is 0.865 bits per heavy atom. The lowest BCUT2D eigenvalue weighted by molar-refractivity contribution is -0.141. The maximum absolute atomic E-state index is 13.8. The van der Waals surface area contributed by atoms with Gasteiger partial charge < -0.3 is 10.2 Å². The van der Waals surface area contributed by atoms with E-state index in [4.69, 9.17) is 0 Å². The number of carbonyl (C=O) groups excluding carboxylic acids is 3. The number of fused-ring (bicyclic) bond motifs is 1. The smallest absolute Gasteiger partial charge is 0.269 e. The van der Waals surface area contributed by atoms with Gasteiger partial charge in [-0.3, -0.25) is 14.4 Å². The summed E-state index contributed by atoms with van der Waals surface area (Å²) in [7, 11) is -4.19. The third-order valence-electron chi connectivity index (χ3n) is 6.09. The van der Waals surface area contributed by atoms with Crippen LogP contribution in [0.3, 0.4) is 0 Å². The lowest BCUT2D eigenvalue weighted by Crippen LogP contribution is -2.54. The van der Waals surface area contributed by atoms with Gasteiger partial charge in [0.05, 0.1) is 5.56 Å². The topological polar surface area (TPSA) is 104 Å². The minimum Gasteiger partial charge on any atom is -0.352 e. The van der Waals surface area contributed by atoms with Gasteiger partial charge in [0.2, 0.25) is 11.8 Å². The van der Waals surface area contributed by atoms with E-state index in [0.717, 1.165) is 11.1 Å². The van der Waals surface area contributed by atoms with E-state index in [9.17, 15) is 22.8 Å². The van der Waals surface area contributed by atoms with E-state index in [1.165, 1.54) is 23.1 Å². The standard InChI is InChI=1S/C28H29N3O5S/c1-20(2)29-27(33)24(17-21-11-5-3-6-12-21)30(18-22-13-7-4-8-14-22)26(32)19-31-28(34)23-15-9-10-16-25(23)37(31,35)36/h3-16,20,24H,17-19H2,1-2H3,(H,29,33)/t24-/m0/s1. The Bertz CT molecular complexity index is 1390. The molecule has 0 spiro atoms. The molecule has 0 saturated heterocycles. The minimum absolute atomic E-state index is 0.0308. The normalized spacial score (nSPS) is 14.8. The quantitative estimate of drug-likeness (QED) is 0.468. The Morgan fingerprint density at radius 3 is 2.03 bits per heavy atom. The van der Waals surface area contributed by atoms with Crippen molar-refractivity contribution in [1.29, 1.82) is 0 Å². The maximum Gasteiger partial charge on any atom is 0.269 e. The van der Waals surface area contributed by atoms with E-state index < -0.39 is 34.4 Å². The molecule has 0 radical (unpaired) electrons. The van der Waals surface area contributed by atoms with E-state index in [2.05, 4.69) is 5.32 Å². The molecular formula is C28H29N3O5S. The molecule has 1 aliphatic heterocycles. The van der Waals surface area contributed by atoms with Crippen LogP contribution in [-0.2, 0) is 32.6 Å². The molecule has 192 valence electrons. The number of hydrogen-bond donors (Lipinski definition) is 1. The zero-order valence-electron chi connectivity index (χ0n) is 20.7. The highest BCUT2D eigenvalue weighted by molar-refractivity contribution is 7.90. The molecule has 0 unspecified atom stereocenters. The largest absolute Gasteiger partial charge is 0.352 e. The van der Waals surface area contributed by atoms with Crippen molar-refractivity contribution in [2.24, 2.45) is 0 Å². The predicted octanol–water partition coefficient (Wildman–Crippen LogP) is 3.00. The van der Waals surface area contributed by atoms with Gasteiger partial charge in [-0.1, -0.05) is 72.8 Å². The molecule has 3 aromatic carbocycles. The molecular weight excluding hydrogens is 490 g/mol. The van der Waals surface area contributed by atoms with E-state index >= 15 is 0 Å². The van der Waals surface area contributed by atoms with Gasteiger partial charge >= 0.3 is 0 Å². The van der Waals surface area contributed by atoms with Crippen molar-refractivity contribution < 1.29 is 22.8 Å². The molecule has 1 atom stereocenters. The molecule has 0 aliphatic carbocycles. The van der Waals surface area contributed by atoms with Crippen LogP contribution in [0, 0.1) is 0 Å². The summed E-state index contributed by atoms with van der Waals surface area (Å²) < 4.78 is 26.8. The molecule has 4 rings (SSSR count). The molecule has 0 fully saturated rings. The second kappa shape index (κ2) is 11.0. The number of carbonyl (C=O) groups is 3. The number of nitrogens with zero attached hydrogens (tertiary/aromatic N) is 2. The SMILES string of the molecule is CC(C)NC(=O)[C@H](Cc1ccccc1)N(Cc1ccccc1)C(=O)CN1C(=O)c2ccccc2S1(=O)=O.